The van der Waals surface area contributed by atoms with E-state index in [-0.39, 0.29) is 105 Å². The SMILES string of the molecule is C=CC1=C(C)c2cc3nc(c(CC(=O)O)c4[nH]c(cc5[nH]c(cc1n2)c(C)c5CC)c(C)c4C(=O)O)[C@@H](CCC(=O)O)[C@@H]3C.C=CC1=C(C)c2cc3nc(c(CC(=O)O)c4[nH]c(cc5[nH]c(cc1n2)c(C)c5CC)c(C)c4C(=O)O)[C@@H](CCC(=O)O)[C@@H]3C.[Cu+2].[Cu+2]. The summed E-state index contributed by atoms with van der Waals surface area (Å²) < 4.78 is 0. The van der Waals surface area contributed by atoms with Gasteiger partial charge in [-0.3, -0.25) is 29.1 Å². The molecule has 4 aliphatic rings. The van der Waals surface area contributed by atoms with Crippen LogP contribution in [0.5, 0.6) is 0 Å². The maximum atomic E-state index is 12.7. The van der Waals surface area contributed by atoms with Gasteiger partial charge in [0, 0.05) is 103 Å². The third kappa shape index (κ3) is 12.9. The first-order valence-corrected chi connectivity index (χ1v) is 29.2. The smallest absolute Gasteiger partial charge is 0.481 e. The van der Waals surface area contributed by atoms with Crippen LogP contribution in [-0.2, 0) is 79.0 Å². The Hall–Kier alpha value is -8.94. The van der Waals surface area contributed by atoms with E-state index in [4.69, 9.17) is 19.9 Å². The first-order chi connectivity index (χ1) is 41.7. The van der Waals surface area contributed by atoms with E-state index in [0.717, 1.165) is 90.8 Å². The first-order valence-electron chi connectivity index (χ1n) is 29.2. The minimum atomic E-state index is -1.20. The molecule has 2 radical (unpaired) electrons. The van der Waals surface area contributed by atoms with Gasteiger partial charge in [0.25, 0.3) is 0 Å². The summed E-state index contributed by atoms with van der Waals surface area (Å²) >= 11 is 0. The van der Waals surface area contributed by atoms with Crippen molar-refractivity contribution in [3.05, 3.63) is 163 Å². The molecule has 0 amide bonds. The number of hydrogen-bond donors (Lipinski definition) is 10. The number of fused-ring (bicyclic) bond motifs is 16. The molecule has 16 bridgehead atoms. The molecule has 0 aromatic carbocycles. The van der Waals surface area contributed by atoms with Gasteiger partial charge < -0.3 is 50.6 Å². The second kappa shape index (κ2) is 27.4. The number of nitrogens with one attached hydrogen (secondary N) is 4. The average molecular weight is 1320 g/mol. The standard InChI is InChI=1S/2C34H36N4O6.2Cu/c2*1-7-19-15(3)23-12-25-17(5)21(9-10-29(39)40)32(37-25)22(11-30(41)42)33-31(34(43)44)18(6)26(38-33)14-28-20(8-2)16(4)24(36-28)13-27(19)35-23;;/h2*7,12-14,17,21,36,38H,1,8-11H2,2-6H3,(H,39,40)(H,41,42)(H,43,44);;/q;;2*+2/t2*17-,21-;;/m00../s1. The summed E-state index contributed by atoms with van der Waals surface area (Å²) in [5.74, 6) is -8.17. The Morgan fingerprint density at radius 3 is 1.10 bits per heavy atom. The second-order valence-electron chi connectivity index (χ2n) is 23.0. The van der Waals surface area contributed by atoms with Gasteiger partial charge in [-0.1, -0.05) is 53.0 Å². The van der Waals surface area contributed by atoms with Crippen molar-refractivity contribution in [3.63, 3.8) is 0 Å². The van der Waals surface area contributed by atoms with Crippen molar-refractivity contribution >= 4 is 102 Å². The van der Waals surface area contributed by atoms with Gasteiger partial charge in [-0.25, -0.2) is 19.6 Å². The van der Waals surface area contributed by atoms with E-state index < -0.39 is 60.5 Å². The maximum absolute atomic E-state index is 12.7. The Bertz CT molecular complexity index is 4180. The van der Waals surface area contributed by atoms with Crippen LogP contribution in [-0.4, -0.2) is 106 Å². The van der Waals surface area contributed by atoms with Crippen LogP contribution in [0.4, 0.5) is 0 Å². The Balaban J connectivity index is 0.000000250. The molecule has 20 nitrogen and oxygen atoms in total. The molecule has 0 saturated heterocycles. The predicted octanol–water partition coefficient (Wildman–Crippen LogP) is 13.4. The van der Waals surface area contributed by atoms with Crippen molar-refractivity contribution in [1.29, 1.82) is 0 Å². The van der Waals surface area contributed by atoms with Crippen molar-refractivity contribution in [3.8, 4) is 0 Å². The molecule has 22 heteroatoms. The first kappa shape index (κ1) is 68.5. The third-order valence-corrected chi connectivity index (χ3v) is 17.9. The Morgan fingerprint density at radius 2 is 0.800 bits per heavy atom. The van der Waals surface area contributed by atoms with E-state index in [1.165, 1.54) is 0 Å². The fourth-order valence-electron chi connectivity index (χ4n) is 13.1. The Kier molecular flexibility index (Phi) is 20.9. The molecule has 90 heavy (non-hydrogen) atoms. The Labute approximate surface area is 539 Å². The molecule has 0 fully saturated rings. The van der Waals surface area contributed by atoms with Gasteiger partial charge in [0.2, 0.25) is 0 Å². The zero-order chi connectivity index (χ0) is 64.1. The molecule has 6 aromatic rings. The number of carbonyl (C=O) groups is 6. The molecule has 10 N–H and O–H groups in total. The molecular formula is C68H72Cu2N8O12+4. The number of nitrogens with zero attached hydrogens (tertiary/aromatic N) is 4. The number of carboxylic acids is 6. The number of aryl methyl sites for hydroxylation is 6. The van der Waals surface area contributed by atoms with E-state index >= 15 is 0 Å². The molecule has 10 rings (SSSR count). The van der Waals surface area contributed by atoms with Crippen LogP contribution < -0.4 is 0 Å². The summed E-state index contributed by atoms with van der Waals surface area (Å²) in [7, 11) is 0. The van der Waals surface area contributed by atoms with Crippen LogP contribution in [0.1, 0.15) is 202 Å². The van der Waals surface area contributed by atoms with Crippen LogP contribution >= 0.6 is 0 Å². The molecule has 6 aromatic heterocycles. The molecule has 0 aliphatic carbocycles. The van der Waals surface area contributed by atoms with E-state index in [0.29, 0.717) is 56.3 Å². The van der Waals surface area contributed by atoms with Gasteiger partial charge >= 0.3 is 70.0 Å². The summed E-state index contributed by atoms with van der Waals surface area (Å²) in [5, 5.41) is 59.8. The zero-order valence-electron chi connectivity index (χ0n) is 51.5. The molecule has 0 spiro atoms. The Morgan fingerprint density at radius 1 is 0.456 bits per heavy atom. The van der Waals surface area contributed by atoms with E-state index in [1.54, 1.807) is 26.0 Å². The third-order valence-electron chi connectivity index (χ3n) is 17.9. The van der Waals surface area contributed by atoms with E-state index in [9.17, 15) is 59.4 Å². The number of rotatable bonds is 16. The van der Waals surface area contributed by atoms with Crippen LogP contribution in [0, 0.1) is 27.7 Å². The quantitative estimate of drug-likeness (QED) is 0.0403. The van der Waals surface area contributed by atoms with Gasteiger partial charge in [0.15, 0.2) is 0 Å². The maximum Gasteiger partial charge on any atom is 2.00 e. The van der Waals surface area contributed by atoms with Crippen molar-refractivity contribution in [2.75, 3.05) is 0 Å². The molecule has 10 heterocycles. The number of hydrogen-bond acceptors (Lipinski definition) is 10. The van der Waals surface area contributed by atoms with Crippen LogP contribution in [0.3, 0.4) is 0 Å². The fourth-order valence-corrected chi connectivity index (χ4v) is 13.1. The normalized spacial score (nSPS) is 15.9. The van der Waals surface area contributed by atoms with Crippen molar-refractivity contribution in [2.45, 2.75) is 144 Å². The summed E-state index contributed by atoms with van der Waals surface area (Å²) in [6.07, 6.45) is 4.07. The minimum absolute atomic E-state index is 0. The molecule has 4 aliphatic heterocycles. The number of carboxylic acid groups (broad SMARTS) is 6. The number of aliphatic carboxylic acids is 4. The van der Waals surface area contributed by atoms with E-state index in [2.05, 4.69) is 33.1 Å². The second-order valence-corrected chi connectivity index (χ2v) is 23.0. The average Bonchev–Trinajstić information content (AvgIpc) is 1.65. The van der Waals surface area contributed by atoms with Crippen LogP contribution in [0.2, 0.25) is 0 Å². The van der Waals surface area contributed by atoms with Gasteiger partial charge in [0.05, 0.1) is 69.2 Å². The molecule has 0 saturated carbocycles. The topological polar surface area (TPSA) is 339 Å². The number of H-pyrrole nitrogens is 4. The van der Waals surface area contributed by atoms with Gasteiger partial charge in [-0.15, -0.1) is 0 Å². The fraction of sp³-hybridized carbons (Fsp3) is 0.324. The molecule has 4 atom stereocenters. The van der Waals surface area contributed by atoms with Gasteiger partial charge in [-0.2, -0.15) is 0 Å². The zero-order valence-corrected chi connectivity index (χ0v) is 53.4. The summed E-state index contributed by atoms with van der Waals surface area (Å²) in [5.41, 5.74) is 18.5. The molecule has 474 valence electrons. The van der Waals surface area contributed by atoms with Crippen LogP contribution in [0.25, 0.3) is 66.4 Å². The summed E-state index contributed by atoms with van der Waals surface area (Å²) in [6, 6.07) is 11.4. The predicted molar refractivity (Wildman–Crippen MR) is 338 cm³/mol. The number of aromatic amines is 4. The van der Waals surface area contributed by atoms with Crippen LogP contribution in [0.15, 0.2) is 61.7 Å². The molecular weight excluding hydrogens is 1250 g/mol. The monoisotopic (exact) mass is 1320 g/mol. The largest absolute Gasteiger partial charge is 2.00 e. The van der Waals surface area contributed by atoms with Crippen molar-refractivity contribution in [1.82, 2.24) is 39.9 Å². The van der Waals surface area contributed by atoms with Gasteiger partial charge in [0.1, 0.15) is 0 Å². The van der Waals surface area contributed by atoms with Crippen molar-refractivity contribution in [2.24, 2.45) is 0 Å². The summed E-state index contributed by atoms with van der Waals surface area (Å²) in [4.78, 5) is 106. The number of aromatic nitrogens is 8. The van der Waals surface area contributed by atoms with Crippen molar-refractivity contribution < 1.29 is 93.5 Å². The molecule has 0 unspecified atom stereocenters. The van der Waals surface area contributed by atoms with E-state index in [1.807, 2.05) is 91.8 Å². The minimum Gasteiger partial charge on any atom is -0.481 e. The summed E-state index contributed by atoms with van der Waals surface area (Å²) in [6.45, 7) is 27.3. The van der Waals surface area contributed by atoms with Gasteiger partial charge in [-0.05, 0) is 148 Å². The number of allylic oxidation sites excluding steroid dienone is 6. The number of aromatic carboxylic acids is 2.